The summed E-state index contributed by atoms with van der Waals surface area (Å²) < 4.78 is 0. The average molecular weight is 239 g/mol. The molecule has 5 heteroatoms. The lowest BCUT2D eigenvalue weighted by Crippen LogP contribution is -2.47. The van der Waals surface area contributed by atoms with Crippen molar-refractivity contribution >= 4 is 30.1 Å². The fourth-order valence-electron chi connectivity index (χ4n) is 1.44. The Morgan fingerprint density at radius 2 is 2.36 bits per heavy atom. The quantitative estimate of drug-likeness (QED) is 0.780. The van der Waals surface area contributed by atoms with Gasteiger partial charge in [-0.25, -0.2) is 0 Å². The predicted octanol–water partition coefficient (Wildman–Crippen LogP) is 0.967. The van der Waals surface area contributed by atoms with Crippen LogP contribution in [0.15, 0.2) is 0 Å². The molecular formula is C9H19ClN2OS. The molecule has 3 nitrogen and oxygen atoms in total. The number of halogens is 1. The highest BCUT2D eigenvalue weighted by Crippen LogP contribution is 2.17. The lowest BCUT2D eigenvalue weighted by atomic mass is 10.1. The zero-order valence-electron chi connectivity index (χ0n) is 8.73. The Kier molecular flexibility index (Phi) is 6.57. The van der Waals surface area contributed by atoms with Gasteiger partial charge in [0.25, 0.3) is 0 Å². The van der Waals surface area contributed by atoms with Gasteiger partial charge in [0.15, 0.2) is 0 Å². The monoisotopic (exact) mass is 238 g/mol. The number of carbonyl (C=O) groups excluding carboxylic acids is 1. The standard InChI is InChI=1S/C9H18N2OS.ClH/c1-7(5-10)9(12)11-3-4-13-6-8(11)2;/h7-8H,3-6,10H2,1-2H3;1H. The Hall–Kier alpha value is 0.0700. The number of carbonyl (C=O) groups is 1. The number of nitrogens with zero attached hydrogens (tertiary/aromatic N) is 1. The molecule has 0 aliphatic carbocycles. The molecule has 0 saturated carbocycles. The molecule has 14 heavy (non-hydrogen) atoms. The maximum atomic E-state index is 11.8. The minimum atomic E-state index is -0.0226. The molecule has 1 aliphatic heterocycles. The summed E-state index contributed by atoms with van der Waals surface area (Å²) in [4.78, 5) is 13.7. The number of rotatable bonds is 2. The number of hydrogen-bond donors (Lipinski definition) is 1. The highest BCUT2D eigenvalue weighted by atomic mass is 35.5. The van der Waals surface area contributed by atoms with Crippen LogP contribution in [0, 0.1) is 5.92 Å². The highest BCUT2D eigenvalue weighted by molar-refractivity contribution is 7.99. The van der Waals surface area contributed by atoms with E-state index in [1.807, 2.05) is 23.6 Å². The number of hydrogen-bond acceptors (Lipinski definition) is 3. The Bertz CT molecular complexity index is 192. The molecule has 2 N–H and O–H groups in total. The van der Waals surface area contributed by atoms with Gasteiger partial charge in [0, 0.05) is 36.6 Å². The van der Waals surface area contributed by atoms with Crippen molar-refractivity contribution in [2.24, 2.45) is 11.7 Å². The van der Waals surface area contributed by atoms with Crippen LogP contribution in [0.3, 0.4) is 0 Å². The number of amides is 1. The van der Waals surface area contributed by atoms with E-state index in [2.05, 4.69) is 6.92 Å². The molecule has 2 unspecified atom stereocenters. The fraction of sp³-hybridized carbons (Fsp3) is 0.889. The largest absolute Gasteiger partial charge is 0.338 e. The zero-order chi connectivity index (χ0) is 9.84. The first-order chi connectivity index (χ1) is 6.16. The molecule has 1 fully saturated rings. The summed E-state index contributed by atoms with van der Waals surface area (Å²) in [5, 5.41) is 0. The first-order valence-electron chi connectivity index (χ1n) is 4.75. The molecule has 84 valence electrons. The van der Waals surface area contributed by atoms with Gasteiger partial charge in [-0.1, -0.05) is 6.92 Å². The second-order valence-electron chi connectivity index (χ2n) is 3.59. The minimum Gasteiger partial charge on any atom is -0.338 e. The third kappa shape index (κ3) is 3.33. The van der Waals surface area contributed by atoms with E-state index in [1.165, 1.54) is 0 Å². The molecule has 1 amide bonds. The van der Waals surface area contributed by atoms with Crippen LogP contribution in [0.4, 0.5) is 0 Å². The van der Waals surface area contributed by atoms with Crippen molar-refractivity contribution in [3.8, 4) is 0 Å². The van der Waals surface area contributed by atoms with Crippen LogP contribution in [-0.2, 0) is 4.79 Å². The molecule has 0 aromatic rings. The molecule has 0 radical (unpaired) electrons. The van der Waals surface area contributed by atoms with E-state index in [9.17, 15) is 4.79 Å². The molecule has 1 heterocycles. The van der Waals surface area contributed by atoms with Crippen molar-refractivity contribution in [2.75, 3.05) is 24.6 Å². The van der Waals surface area contributed by atoms with Crippen LogP contribution in [0.5, 0.6) is 0 Å². The molecule has 2 atom stereocenters. The number of nitrogens with two attached hydrogens (primary N) is 1. The normalized spacial score (nSPS) is 23.9. The molecule has 1 aliphatic rings. The van der Waals surface area contributed by atoms with Crippen molar-refractivity contribution in [2.45, 2.75) is 19.9 Å². The van der Waals surface area contributed by atoms with Crippen LogP contribution >= 0.6 is 24.2 Å². The van der Waals surface area contributed by atoms with Gasteiger partial charge in [0.2, 0.25) is 5.91 Å². The molecule has 1 rings (SSSR count). The minimum absolute atomic E-state index is 0. The lowest BCUT2D eigenvalue weighted by molar-refractivity contribution is -0.136. The van der Waals surface area contributed by atoms with E-state index >= 15 is 0 Å². The third-order valence-corrected chi connectivity index (χ3v) is 3.62. The Morgan fingerprint density at radius 3 is 2.86 bits per heavy atom. The fourth-order valence-corrected chi connectivity index (χ4v) is 2.45. The maximum absolute atomic E-state index is 11.8. The van der Waals surface area contributed by atoms with Gasteiger partial charge < -0.3 is 10.6 Å². The molecular weight excluding hydrogens is 220 g/mol. The highest BCUT2D eigenvalue weighted by Gasteiger charge is 2.26. The van der Waals surface area contributed by atoms with E-state index in [0.29, 0.717) is 12.6 Å². The van der Waals surface area contributed by atoms with Crippen molar-refractivity contribution in [3.63, 3.8) is 0 Å². The van der Waals surface area contributed by atoms with E-state index in [-0.39, 0.29) is 24.2 Å². The first-order valence-corrected chi connectivity index (χ1v) is 5.90. The average Bonchev–Trinajstić information content (AvgIpc) is 2.16. The summed E-state index contributed by atoms with van der Waals surface area (Å²) in [7, 11) is 0. The summed E-state index contributed by atoms with van der Waals surface area (Å²) >= 11 is 1.92. The van der Waals surface area contributed by atoms with Gasteiger partial charge in [0.05, 0.1) is 0 Å². The van der Waals surface area contributed by atoms with Crippen LogP contribution in [0.25, 0.3) is 0 Å². The van der Waals surface area contributed by atoms with Crippen molar-refractivity contribution in [3.05, 3.63) is 0 Å². The van der Waals surface area contributed by atoms with Gasteiger partial charge in [-0.05, 0) is 6.92 Å². The van der Waals surface area contributed by atoms with Gasteiger partial charge in [-0.3, -0.25) is 4.79 Å². The SMILES string of the molecule is CC(CN)C(=O)N1CCSCC1C.Cl. The predicted molar refractivity (Wildman–Crippen MR) is 64.0 cm³/mol. The number of thioether (sulfide) groups is 1. The van der Waals surface area contributed by atoms with Crippen LogP contribution < -0.4 is 5.73 Å². The van der Waals surface area contributed by atoms with Gasteiger partial charge in [0.1, 0.15) is 0 Å². The van der Waals surface area contributed by atoms with Crippen molar-refractivity contribution in [1.82, 2.24) is 4.90 Å². The molecule has 0 bridgehead atoms. The van der Waals surface area contributed by atoms with Crippen molar-refractivity contribution in [1.29, 1.82) is 0 Å². The van der Waals surface area contributed by atoms with Gasteiger partial charge in [-0.15, -0.1) is 12.4 Å². The first kappa shape index (κ1) is 14.1. The Morgan fingerprint density at radius 1 is 1.71 bits per heavy atom. The third-order valence-electron chi connectivity index (χ3n) is 2.43. The van der Waals surface area contributed by atoms with Crippen LogP contribution in [-0.4, -0.2) is 41.4 Å². The summed E-state index contributed by atoms with van der Waals surface area (Å²) in [6.45, 7) is 5.34. The van der Waals surface area contributed by atoms with Crippen LogP contribution in [0.2, 0.25) is 0 Å². The second kappa shape index (κ2) is 6.53. The zero-order valence-corrected chi connectivity index (χ0v) is 10.4. The molecule has 0 aromatic carbocycles. The van der Waals surface area contributed by atoms with E-state index in [0.717, 1.165) is 18.1 Å². The maximum Gasteiger partial charge on any atom is 0.226 e. The molecule has 1 saturated heterocycles. The summed E-state index contributed by atoms with van der Waals surface area (Å²) in [5.74, 6) is 2.32. The summed E-state index contributed by atoms with van der Waals surface area (Å²) in [6, 6.07) is 0.375. The topological polar surface area (TPSA) is 46.3 Å². The summed E-state index contributed by atoms with van der Waals surface area (Å²) in [5.41, 5.74) is 5.47. The van der Waals surface area contributed by atoms with Crippen LogP contribution in [0.1, 0.15) is 13.8 Å². The Labute approximate surface area is 96.2 Å². The Balaban J connectivity index is 0.00000169. The van der Waals surface area contributed by atoms with Gasteiger partial charge >= 0.3 is 0 Å². The summed E-state index contributed by atoms with van der Waals surface area (Å²) in [6.07, 6.45) is 0. The van der Waals surface area contributed by atoms with E-state index < -0.39 is 0 Å². The van der Waals surface area contributed by atoms with Gasteiger partial charge in [-0.2, -0.15) is 11.8 Å². The lowest BCUT2D eigenvalue weighted by Gasteiger charge is -2.34. The second-order valence-corrected chi connectivity index (χ2v) is 4.74. The molecule has 0 spiro atoms. The van der Waals surface area contributed by atoms with E-state index in [1.54, 1.807) is 0 Å². The molecule has 0 aromatic heterocycles. The van der Waals surface area contributed by atoms with E-state index in [4.69, 9.17) is 5.73 Å². The van der Waals surface area contributed by atoms with Crippen molar-refractivity contribution < 1.29 is 4.79 Å². The smallest absolute Gasteiger partial charge is 0.226 e.